The van der Waals surface area contributed by atoms with E-state index in [1.54, 1.807) is 97.8 Å². The smallest absolute Gasteiger partial charge is 0.278 e. The zero-order valence-corrected chi connectivity index (χ0v) is 62.8. The number of hydrogen-bond donors (Lipinski definition) is 4. The number of aromatic nitrogens is 15. The molecule has 2 fully saturated rings. The molecule has 12 aromatic rings. The average Bonchev–Trinajstić information content (AvgIpc) is 1.63. The van der Waals surface area contributed by atoms with E-state index < -0.39 is 0 Å². The molecule has 0 saturated heterocycles. The van der Waals surface area contributed by atoms with Gasteiger partial charge in [0.1, 0.15) is 16.2 Å². The van der Waals surface area contributed by atoms with Crippen molar-refractivity contribution in [2.45, 2.75) is 127 Å². The minimum absolute atomic E-state index is 0.0129. The number of rotatable bonds is 6. The molecule has 4 aliphatic carbocycles. The van der Waals surface area contributed by atoms with Gasteiger partial charge in [0.05, 0.1) is 19.6 Å². The van der Waals surface area contributed by atoms with Crippen molar-refractivity contribution in [1.29, 1.82) is 0 Å². The van der Waals surface area contributed by atoms with Gasteiger partial charge in [-0.25, -0.2) is 58.0 Å². The first-order valence-corrected chi connectivity index (χ1v) is 39.5. The van der Waals surface area contributed by atoms with E-state index in [2.05, 4.69) is 84.8 Å². The Morgan fingerprint density at radius 3 is 1.24 bits per heavy atom. The molecule has 0 unspecified atom stereocenters. The number of hydrogen-bond acceptors (Lipinski definition) is 22. The summed E-state index contributed by atoms with van der Waals surface area (Å²) in [5, 5.41) is 14.8. The molecule has 11 aliphatic rings. The molecule has 115 heavy (non-hydrogen) atoms. The molecule has 6 bridgehead atoms. The third kappa shape index (κ3) is 12.3. The molecule has 578 valence electrons. The zero-order chi connectivity index (χ0) is 77.2. The predicted molar refractivity (Wildman–Crippen MR) is 430 cm³/mol. The van der Waals surface area contributed by atoms with Gasteiger partial charge in [0.25, 0.3) is 34.4 Å². The number of carbonyl (C=O) groups excluding carboxylic acids is 3. The fraction of sp³-hybridized carbons (Fsp3) is 0.321. The molecule has 4 N–H and O–H groups in total. The Morgan fingerprint density at radius 1 is 0.383 bits per heavy atom. The molecule has 31 heteroatoms. The summed E-state index contributed by atoms with van der Waals surface area (Å²) in [6, 6.07) is 30.1. The van der Waals surface area contributed by atoms with Crippen LogP contribution < -0.4 is 66.9 Å². The number of anilines is 9. The number of carbonyl (C=O) groups is 3. The first-order valence-electron chi connectivity index (χ1n) is 39.5. The van der Waals surface area contributed by atoms with Crippen molar-refractivity contribution < 1.29 is 28.6 Å². The number of allylic oxidation sites excluding steroid dienone is 3. The van der Waals surface area contributed by atoms with Gasteiger partial charge >= 0.3 is 0 Å². The number of ether oxygens (including phenoxy) is 3. The van der Waals surface area contributed by atoms with Gasteiger partial charge in [-0.1, -0.05) is 54.7 Å². The van der Waals surface area contributed by atoms with E-state index in [1.807, 2.05) is 42.5 Å². The molecule has 7 aliphatic heterocycles. The number of nitrogens with one attached hydrogen (secondary N) is 4. The van der Waals surface area contributed by atoms with E-state index in [0.717, 1.165) is 49.4 Å². The maximum Gasteiger partial charge on any atom is 0.278 e. The van der Waals surface area contributed by atoms with Gasteiger partial charge in [-0.05, 0) is 201 Å². The Labute approximate surface area is 655 Å². The van der Waals surface area contributed by atoms with E-state index in [9.17, 15) is 28.8 Å². The standard InChI is InChI=1S/C29H27N7O3.C28H26N8O3.C27H25N7O3/c37-24-17-39-22-8-9-23-32-26(22)34(24)13-2-1-3-14-35-27(38)20-16-30-28(33-25(20)36(23)35)31-19-7-6-18-5-4-10-29(11-12-29)21(18)15-19;37-23-15-39-21-6-7-22-32-25(21)34(23)10-2-1-3-11-35-26(38)19-14-30-27(33-24(19)36(22)35)31-18-4-5-20-17(12-18)13-29-16-28(20)8-9-28;35-23-16-37-21-10-11-22-30-25(21)32(23)12-4-1-5-13-33-26(36)20-15-28-27(31-24(20)34(22)33)29-19-9-8-17-6-2-3-7-18(17)14-19/h1,3,6-9,15-16H,2,4-5,10-14,17H2,(H,30,31,33);1,3-7,12,14,29H,2,8-11,13,15-16H2,(H,30,31,33);1,5,8-11,14-15H,2-4,6-7,12-13,16H2,(H,28,29,31). The molecule has 0 atom stereocenters. The summed E-state index contributed by atoms with van der Waals surface area (Å²) in [5.74, 6) is 5.18. The van der Waals surface area contributed by atoms with Crippen molar-refractivity contribution >= 4 is 103 Å². The number of amides is 3. The molecular formula is C84H78N22O9. The van der Waals surface area contributed by atoms with Crippen LogP contribution in [0.5, 0.6) is 17.2 Å². The van der Waals surface area contributed by atoms with Gasteiger partial charge in [0.15, 0.2) is 88.9 Å². The third-order valence-corrected chi connectivity index (χ3v) is 23.8. The van der Waals surface area contributed by atoms with Gasteiger partial charge in [-0.3, -0.25) is 43.5 Å². The van der Waals surface area contributed by atoms with Gasteiger partial charge in [0, 0.05) is 73.8 Å². The van der Waals surface area contributed by atoms with Crippen LogP contribution in [0.3, 0.4) is 0 Å². The lowest BCUT2D eigenvalue weighted by Gasteiger charge is -2.28. The quantitative estimate of drug-likeness (QED) is 0.113. The molecule has 9 aromatic heterocycles. The lowest BCUT2D eigenvalue weighted by molar-refractivity contribution is -0.122. The van der Waals surface area contributed by atoms with E-state index in [-0.39, 0.29) is 54.2 Å². The minimum Gasteiger partial charge on any atom is -0.480 e. The maximum atomic E-state index is 13.5. The van der Waals surface area contributed by atoms with Crippen LogP contribution in [-0.4, -0.2) is 137 Å². The summed E-state index contributed by atoms with van der Waals surface area (Å²) in [6.45, 7) is 4.33. The summed E-state index contributed by atoms with van der Waals surface area (Å²) >= 11 is 0. The molecular weight excluding hydrogens is 1460 g/mol. The molecule has 3 aromatic carbocycles. The SMILES string of the molecule is O=C1COc2ccc3nc2N1CCC=CCn1c(=O)c2cnc(Nc4ccc5c(c4)C4(CCC5)CC4)nc2n1-3.O=C1COc2ccc3nc2N1CCC=CCn1c(=O)c2cnc(Nc4ccc5c(c4)CCCC5)nc2n1-3.O=C1COc2ccc3nc2N1CCC=CCn1c(=O)c2cnc(Nc4ccc5c(c4)CNCC54CC4)nc2n1-3. The Balaban J connectivity index is 0.000000108. The van der Waals surface area contributed by atoms with Crippen LogP contribution in [0.4, 0.5) is 52.4 Å². The number of aryl methyl sites for hydroxylation is 3. The number of nitrogens with zero attached hydrogens (tertiary/aromatic N) is 18. The van der Waals surface area contributed by atoms with Crippen LogP contribution in [0.25, 0.3) is 50.6 Å². The van der Waals surface area contributed by atoms with Crippen LogP contribution in [0, 0.1) is 0 Å². The number of pyridine rings is 3. The van der Waals surface area contributed by atoms with Gasteiger partial charge in [-0.15, -0.1) is 0 Å². The molecule has 23 rings (SSSR count). The fourth-order valence-corrected chi connectivity index (χ4v) is 17.6. The highest BCUT2D eigenvalue weighted by Gasteiger charge is 2.48. The summed E-state index contributed by atoms with van der Waals surface area (Å²) in [6.07, 6.45) is 31.6. The van der Waals surface area contributed by atoms with Crippen LogP contribution in [0.15, 0.2) is 160 Å². The zero-order valence-electron chi connectivity index (χ0n) is 62.8. The lowest BCUT2D eigenvalue weighted by Crippen LogP contribution is -2.40. The van der Waals surface area contributed by atoms with Crippen molar-refractivity contribution in [2.24, 2.45) is 0 Å². The average molecular weight is 1540 g/mol. The first kappa shape index (κ1) is 69.5. The van der Waals surface area contributed by atoms with E-state index >= 15 is 0 Å². The second-order valence-corrected chi connectivity index (χ2v) is 31.0. The summed E-state index contributed by atoms with van der Waals surface area (Å²) in [5.41, 5.74) is 12.5. The molecule has 0 radical (unpaired) electrons. The Morgan fingerprint density at radius 2 is 0.791 bits per heavy atom. The van der Waals surface area contributed by atoms with E-state index in [1.165, 1.54) is 84.7 Å². The van der Waals surface area contributed by atoms with Crippen molar-refractivity contribution in [3.05, 3.63) is 210 Å². The molecule has 2 spiro atoms. The largest absolute Gasteiger partial charge is 0.480 e. The van der Waals surface area contributed by atoms with Gasteiger partial charge < -0.3 is 35.5 Å². The van der Waals surface area contributed by atoms with Gasteiger partial charge in [0.2, 0.25) is 17.8 Å². The number of benzene rings is 3. The molecule has 31 nitrogen and oxygen atoms in total. The van der Waals surface area contributed by atoms with Crippen LogP contribution in [0.1, 0.15) is 104 Å². The highest BCUT2D eigenvalue weighted by molar-refractivity contribution is 5.98. The van der Waals surface area contributed by atoms with Crippen LogP contribution in [0.2, 0.25) is 0 Å². The monoisotopic (exact) mass is 1540 g/mol. The minimum atomic E-state index is -0.210. The second kappa shape index (κ2) is 27.7. The van der Waals surface area contributed by atoms with E-state index in [4.69, 9.17) is 44.1 Å². The normalized spacial score (nSPS) is 18.1. The Kier molecular flexibility index (Phi) is 16.8. The Hall–Kier alpha value is -13.5. The molecule has 2 saturated carbocycles. The highest BCUT2D eigenvalue weighted by atomic mass is 16.5. The van der Waals surface area contributed by atoms with Crippen molar-refractivity contribution in [2.75, 3.05) is 76.6 Å². The summed E-state index contributed by atoms with van der Waals surface area (Å²) in [7, 11) is 0. The van der Waals surface area contributed by atoms with Crippen molar-refractivity contribution in [3.63, 3.8) is 0 Å². The first-order chi connectivity index (χ1) is 56.3. The Bertz CT molecular complexity index is 6390. The molecule has 3 amide bonds. The van der Waals surface area contributed by atoms with Crippen LogP contribution >= 0.6 is 0 Å². The van der Waals surface area contributed by atoms with Crippen LogP contribution in [-0.2, 0) is 70.7 Å². The predicted octanol–water partition coefficient (Wildman–Crippen LogP) is 9.60. The summed E-state index contributed by atoms with van der Waals surface area (Å²) < 4.78 is 26.8. The van der Waals surface area contributed by atoms with E-state index in [0.29, 0.717) is 172 Å². The fourth-order valence-electron chi connectivity index (χ4n) is 17.6. The summed E-state index contributed by atoms with van der Waals surface area (Å²) in [4.78, 5) is 125. The van der Waals surface area contributed by atoms with Crippen molar-refractivity contribution in [3.8, 4) is 34.7 Å². The maximum absolute atomic E-state index is 13.5. The second-order valence-electron chi connectivity index (χ2n) is 31.0. The highest BCUT2D eigenvalue weighted by Crippen LogP contribution is 2.56. The van der Waals surface area contributed by atoms with Crippen molar-refractivity contribution in [1.82, 2.24) is 78.3 Å². The lowest BCUT2D eigenvalue weighted by atomic mass is 9.80. The number of fused-ring (bicyclic) bond motifs is 20. The molecule has 16 heterocycles. The topological polar surface area (TPSA) is 334 Å². The third-order valence-electron chi connectivity index (χ3n) is 23.8. The van der Waals surface area contributed by atoms with Gasteiger partial charge in [-0.2, -0.15) is 15.0 Å².